The molecule has 0 aliphatic heterocycles. The number of hydrogen-bond donors (Lipinski definition) is 1. The predicted molar refractivity (Wildman–Crippen MR) is 136 cm³/mol. The summed E-state index contributed by atoms with van der Waals surface area (Å²) in [5, 5.41) is 12.7. The van der Waals surface area contributed by atoms with E-state index in [2.05, 4.69) is 117 Å². The molecule has 0 bridgehead atoms. The molecule has 0 amide bonds. The second-order valence-corrected chi connectivity index (χ2v) is 8.48. The van der Waals surface area contributed by atoms with Crippen LogP contribution >= 0.6 is 0 Å². The van der Waals surface area contributed by atoms with Crippen LogP contribution in [0.4, 0.5) is 0 Å². The highest BCUT2D eigenvalue weighted by Crippen LogP contribution is 2.43. The van der Waals surface area contributed by atoms with Crippen LogP contribution in [0.1, 0.15) is 16.7 Å². The van der Waals surface area contributed by atoms with E-state index in [0.29, 0.717) is 0 Å². The van der Waals surface area contributed by atoms with Crippen LogP contribution in [0.5, 0.6) is 0 Å². The topological polar surface area (TPSA) is 20.2 Å². The molecule has 0 atom stereocenters. The van der Waals surface area contributed by atoms with Gasteiger partial charge in [-0.05, 0) is 69.6 Å². The lowest BCUT2D eigenvalue weighted by Gasteiger charge is -2.20. The van der Waals surface area contributed by atoms with E-state index in [-0.39, 0.29) is 6.61 Å². The third-order valence-electron chi connectivity index (χ3n) is 6.14. The van der Waals surface area contributed by atoms with Gasteiger partial charge in [-0.1, -0.05) is 108 Å². The summed E-state index contributed by atoms with van der Waals surface area (Å²) in [4.78, 5) is 0. The SMILES string of the molecule is Cc1cccc(-c2ccc(CO)c(-c3cccc(C)c3)c2-c2ccc3ccccc3c2)c1. The van der Waals surface area contributed by atoms with Crippen molar-refractivity contribution in [1.82, 2.24) is 0 Å². The molecule has 0 saturated heterocycles. The second-order valence-electron chi connectivity index (χ2n) is 8.48. The van der Waals surface area contributed by atoms with Crippen molar-refractivity contribution in [2.24, 2.45) is 0 Å². The number of benzene rings is 5. The Morgan fingerprint density at radius 3 is 1.91 bits per heavy atom. The number of aliphatic hydroxyl groups is 1. The second kappa shape index (κ2) is 8.45. The molecule has 5 aromatic rings. The first-order valence-corrected chi connectivity index (χ1v) is 11.0. The molecule has 1 heteroatoms. The van der Waals surface area contributed by atoms with Crippen molar-refractivity contribution in [2.45, 2.75) is 20.5 Å². The van der Waals surface area contributed by atoms with Crippen molar-refractivity contribution in [1.29, 1.82) is 0 Å². The predicted octanol–water partition coefficient (Wildman–Crippen LogP) is 7.95. The van der Waals surface area contributed by atoms with E-state index in [1.807, 2.05) is 0 Å². The van der Waals surface area contributed by atoms with Gasteiger partial charge in [0.2, 0.25) is 0 Å². The summed E-state index contributed by atoms with van der Waals surface area (Å²) in [7, 11) is 0. The Hall–Kier alpha value is -3.68. The monoisotopic (exact) mass is 414 g/mol. The minimum Gasteiger partial charge on any atom is -0.392 e. The quantitative estimate of drug-likeness (QED) is 0.316. The van der Waals surface area contributed by atoms with Crippen molar-refractivity contribution in [3.63, 3.8) is 0 Å². The van der Waals surface area contributed by atoms with Crippen LogP contribution in [-0.2, 0) is 6.61 Å². The van der Waals surface area contributed by atoms with Gasteiger partial charge in [0, 0.05) is 0 Å². The Labute approximate surface area is 189 Å². The maximum Gasteiger partial charge on any atom is 0.0688 e. The van der Waals surface area contributed by atoms with Crippen LogP contribution in [0.15, 0.2) is 103 Å². The molecule has 0 heterocycles. The van der Waals surface area contributed by atoms with Gasteiger partial charge in [-0.25, -0.2) is 0 Å². The highest BCUT2D eigenvalue weighted by molar-refractivity contribution is 5.99. The van der Waals surface area contributed by atoms with Crippen molar-refractivity contribution >= 4 is 10.8 Å². The molecule has 0 aliphatic carbocycles. The Morgan fingerprint density at radius 2 is 1.19 bits per heavy atom. The van der Waals surface area contributed by atoms with Gasteiger partial charge in [-0.2, -0.15) is 0 Å². The van der Waals surface area contributed by atoms with Gasteiger partial charge in [0.25, 0.3) is 0 Å². The van der Waals surface area contributed by atoms with Gasteiger partial charge >= 0.3 is 0 Å². The Morgan fingerprint density at radius 1 is 0.531 bits per heavy atom. The van der Waals surface area contributed by atoms with Gasteiger partial charge in [0.15, 0.2) is 0 Å². The summed E-state index contributed by atoms with van der Waals surface area (Å²) in [5.74, 6) is 0. The average Bonchev–Trinajstić information content (AvgIpc) is 2.82. The van der Waals surface area contributed by atoms with Crippen LogP contribution in [0.25, 0.3) is 44.2 Å². The molecule has 0 aliphatic rings. The van der Waals surface area contributed by atoms with Gasteiger partial charge in [0.1, 0.15) is 0 Å². The molecule has 5 rings (SSSR count). The summed E-state index contributed by atoms with van der Waals surface area (Å²) in [6.07, 6.45) is 0. The van der Waals surface area contributed by atoms with E-state index in [0.717, 1.165) is 22.3 Å². The summed E-state index contributed by atoms with van der Waals surface area (Å²) in [6, 6.07) is 36.6. The molecule has 0 fully saturated rings. The lowest BCUT2D eigenvalue weighted by molar-refractivity contribution is 0.282. The minimum absolute atomic E-state index is 0.00203. The maximum absolute atomic E-state index is 10.3. The van der Waals surface area contributed by atoms with Crippen LogP contribution < -0.4 is 0 Å². The normalized spacial score (nSPS) is 11.1. The first-order chi connectivity index (χ1) is 15.6. The zero-order valence-corrected chi connectivity index (χ0v) is 18.5. The van der Waals surface area contributed by atoms with Crippen LogP contribution in [0, 0.1) is 13.8 Å². The van der Waals surface area contributed by atoms with Gasteiger partial charge in [-0.15, -0.1) is 0 Å². The van der Waals surface area contributed by atoms with Crippen LogP contribution in [0.3, 0.4) is 0 Å². The summed E-state index contributed by atoms with van der Waals surface area (Å²) in [5.41, 5.74) is 10.3. The first-order valence-electron chi connectivity index (χ1n) is 11.0. The fourth-order valence-corrected chi connectivity index (χ4v) is 4.61. The van der Waals surface area contributed by atoms with E-state index < -0.39 is 0 Å². The average molecular weight is 415 g/mol. The first kappa shape index (κ1) is 20.2. The highest BCUT2D eigenvalue weighted by atomic mass is 16.3. The summed E-state index contributed by atoms with van der Waals surface area (Å²) in [6.45, 7) is 4.24. The molecule has 156 valence electrons. The number of aliphatic hydroxyl groups excluding tert-OH is 1. The van der Waals surface area contributed by atoms with Crippen LogP contribution in [0.2, 0.25) is 0 Å². The third-order valence-corrected chi connectivity index (χ3v) is 6.14. The molecular weight excluding hydrogens is 388 g/mol. The molecule has 0 saturated carbocycles. The van der Waals surface area contributed by atoms with E-state index in [1.165, 1.54) is 38.6 Å². The van der Waals surface area contributed by atoms with E-state index in [4.69, 9.17) is 0 Å². The van der Waals surface area contributed by atoms with Crippen molar-refractivity contribution < 1.29 is 5.11 Å². The zero-order chi connectivity index (χ0) is 22.1. The summed E-state index contributed by atoms with van der Waals surface area (Å²) < 4.78 is 0. The zero-order valence-electron chi connectivity index (χ0n) is 18.5. The lowest BCUT2D eigenvalue weighted by Crippen LogP contribution is -1.97. The van der Waals surface area contributed by atoms with Crippen molar-refractivity contribution in [3.05, 3.63) is 120 Å². The Kier molecular flexibility index (Phi) is 5.34. The number of aryl methyl sites for hydroxylation is 2. The van der Waals surface area contributed by atoms with E-state index in [1.54, 1.807) is 0 Å². The van der Waals surface area contributed by atoms with Crippen molar-refractivity contribution in [2.75, 3.05) is 0 Å². The van der Waals surface area contributed by atoms with Gasteiger partial charge < -0.3 is 5.11 Å². The van der Waals surface area contributed by atoms with Gasteiger partial charge in [-0.3, -0.25) is 0 Å². The number of fused-ring (bicyclic) bond motifs is 1. The molecule has 0 radical (unpaired) electrons. The molecule has 0 unspecified atom stereocenters. The molecule has 0 spiro atoms. The van der Waals surface area contributed by atoms with Gasteiger partial charge in [0.05, 0.1) is 6.61 Å². The lowest BCUT2D eigenvalue weighted by atomic mass is 9.84. The molecule has 5 aromatic carbocycles. The smallest absolute Gasteiger partial charge is 0.0688 e. The molecular formula is C31H26O. The molecule has 32 heavy (non-hydrogen) atoms. The number of hydrogen-bond acceptors (Lipinski definition) is 1. The maximum atomic E-state index is 10.3. The fourth-order valence-electron chi connectivity index (χ4n) is 4.61. The fraction of sp³-hybridized carbons (Fsp3) is 0.0968. The van der Waals surface area contributed by atoms with Crippen LogP contribution in [-0.4, -0.2) is 5.11 Å². The standard InChI is InChI=1S/C31H26O/c1-21-7-5-11-25(17-21)29-16-15-28(20-32)30(26-12-6-8-22(2)18-26)31(29)27-14-13-23-9-3-4-10-24(23)19-27/h3-19,32H,20H2,1-2H3. The van der Waals surface area contributed by atoms with E-state index in [9.17, 15) is 5.11 Å². The summed E-state index contributed by atoms with van der Waals surface area (Å²) >= 11 is 0. The van der Waals surface area contributed by atoms with Crippen molar-refractivity contribution in [3.8, 4) is 33.4 Å². The molecule has 1 N–H and O–H groups in total. The largest absolute Gasteiger partial charge is 0.392 e. The molecule has 1 nitrogen and oxygen atoms in total. The highest BCUT2D eigenvalue weighted by Gasteiger charge is 2.18. The molecule has 0 aromatic heterocycles. The Bertz CT molecular complexity index is 1430. The number of rotatable bonds is 4. The minimum atomic E-state index is -0.00203. The Balaban J connectivity index is 1.89. The third kappa shape index (κ3) is 3.72. The van der Waals surface area contributed by atoms with E-state index >= 15 is 0 Å².